The van der Waals surface area contributed by atoms with Gasteiger partial charge in [0.1, 0.15) is 5.82 Å². The van der Waals surface area contributed by atoms with Crippen LogP contribution in [0.3, 0.4) is 0 Å². The summed E-state index contributed by atoms with van der Waals surface area (Å²) in [5, 5.41) is 10.3. The highest BCUT2D eigenvalue weighted by Crippen LogP contribution is 2.28. The minimum Gasteiger partial charge on any atom is -0.361 e. The number of benzene rings is 1. The van der Waals surface area contributed by atoms with Crippen LogP contribution >= 0.6 is 0 Å². The summed E-state index contributed by atoms with van der Waals surface area (Å²) < 4.78 is 13.1. The first-order chi connectivity index (χ1) is 11.4. The Morgan fingerprint density at radius 2 is 1.88 bits per heavy atom. The lowest BCUT2D eigenvalue weighted by atomic mass is 10.1. The van der Waals surface area contributed by atoms with Gasteiger partial charge in [-0.05, 0) is 39.1 Å². The van der Waals surface area contributed by atoms with Crippen molar-refractivity contribution in [1.29, 1.82) is 0 Å². The van der Waals surface area contributed by atoms with Crippen molar-refractivity contribution >= 4 is 5.95 Å². The van der Waals surface area contributed by atoms with Crippen LogP contribution in [0.4, 0.5) is 10.3 Å². The molecule has 0 saturated carbocycles. The van der Waals surface area contributed by atoms with E-state index in [2.05, 4.69) is 35.7 Å². The summed E-state index contributed by atoms with van der Waals surface area (Å²) in [6, 6.07) is 6.11. The van der Waals surface area contributed by atoms with Crippen LogP contribution in [-0.4, -0.2) is 45.5 Å². The van der Waals surface area contributed by atoms with Gasteiger partial charge in [-0.2, -0.15) is 0 Å². The molecule has 6 heteroatoms. The average molecular weight is 326 g/mol. The number of hydrogen-bond acceptors (Lipinski definition) is 5. The molecular weight excluding hydrogens is 307 g/mol. The molecular formula is C18H19FN4O. The number of aliphatic hydroxyl groups is 1. The van der Waals surface area contributed by atoms with Crippen LogP contribution in [0.1, 0.15) is 25.0 Å². The van der Waals surface area contributed by atoms with Gasteiger partial charge in [0.25, 0.3) is 0 Å². The van der Waals surface area contributed by atoms with Crippen molar-refractivity contribution in [3.63, 3.8) is 0 Å². The van der Waals surface area contributed by atoms with E-state index >= 15 is 0 Å². The summed E-state index contributed by atoms with van der Waals surface area (Å²) in [7, 11) is 1.86. The van der Waals surface area contributed by atoms with Crippen LogP contribution in [0.25, 0.3) is 0 Å². The lowest BCUT2D eigenvalue weighted by Crippen LogP contribution is -2.41. The number of aliphatic hydroxyl groups excluding tert-OH is 1. The van der Waals surface area contributed by atoms with E-state index in [9.17, 15) is 9.50 Å². The standard InChI is InChI=1S/C18H19FN4O/c1-18(2)12-23(17(24)22(18)3)16-20-10-14(11-21-16)8-7-13-5-4-6-15(19)9-13/h4-6,9-11,17,24H,12H2,1-3H3. The van der Waals surface area contributed by atoms with Gasteiger partial charge in [-0.15, -0.1) is 0 Å². The Morgan fingerprint density at radius 1 is 1.21 bits per heavy atom. The second kappa shape index (κ2) is 6.19. The molecule has 0 bridgehead atoms. The SMILES string of the molecule is CN1C(O)N(c2ncc(C#Cc3cccc(F)c3)cn2)CC1(C)C. The van der Waals surface area contributed by atoms with Gasteiger partial charge in [-0.3, -0.25) is 4.90 Å². The molecule has 1 aliphatic heterocycles. The van der Waals surface area contributed by atoms with Crippen LogP contribution in [0.5, 0.6) is 0 Å². The molecule has 1 fully saturated rings. The second-order valence-corrected chi connectivity index (χ2v) is 6.43. The van der Waals surface area contributed by atoms with Crippen molar-refractivity contribution in [2.24, 2.45) is 0 Å². The highest BCUT2D eigenvalue weighted by molar-refractivity contribution is 5.43. The Labute approximate surface area is 140 Å². The zero-order chi connectivity index (χ0) is 17.3. The largest absolute Gasteiger partial charge is 0.361 e. The molecule has 1 N–H and O–H groups in total. The molecule has 0 aliphatic carbocycles. The summed E-state index contributed by atoms with van der Waals surface area (Å²) in [4.78, 5) is 12.2. The third kappa shape index (κ3) is 3.23. The number of likely N-dealkylation sites (N-methyl/N-ethyl adjacent to an activating group) is 1. The van der Waals surface area contributed by atoms with Gasteiger partial charge in [-0.1, -0.05) is 17.9 Å². The number of aromatic nitrogens is 2. The molecule has 24 heavy (non-hydrogen) atoms. The van der Waals surface area contributed by atoms with Gasteiger partial charge in [0.15, 0.2) is 6.35 Å². The highest BCUT2D eigenvalue weighted by Gasteiger charge is 2.42. The molecule has 1 saturated heterocycles. The molecule has 1 atom stereocenters. The lowest BCUT2D eigenvalue weighted by molar-refractivity contribution is 0.0152. The number of anilines is 1. The van der Waals surface area contributed by atoms with E-state index in [0.29, 0.717) is 23.6 Å². The number of nitrogens with zero attached hydrogens (tertiary/aromatic N) is 4. The Morgan fingerprint density at radius 3 is 2.46 bits per heavy atom. The second-order valence-electron chi connectivity index (χ2n) is 6.43. The average Bonchev–Trinajstić information content (AvgIpc) is 2.77. The van der Waals surface area contributed by atoms with Gasteiger partial charge in [0, 0.05) is 30.0 Å². The zero-order valence-electron chi connectivity index (χ0n) is 13.9. The van der Waals surface area contributed by atoms with E-state index in [4.69, 9.17) is 0 Å². The van der Waals surface area contributed by atoms with E-state index in [-0.39, 0.29) is 11.4 Å². The Hall–Kier alpha value is -2.49. The maximum Gasteiger partial charge on any atom is 0.228 e. The third-order valence-electron chi connectivity index (χ3n) is 4.21. The topological polar surface area (TPSA) is 52.5 Å². The predicted molar refractivity (Wildman–Crippen MR) is 89.6 cm³/mol. The van der Waals surface area contributed by atoms with Crippen molar-refractivity contribution < 1.29 is 9.50 Å². The summed E-state index contributed by atoms with van der Waals surface area (Å²) >= 11 is 0. The van der Waals surface area contributed by atoms with Crippen LogP contribution in [0.15, 0.2) is 36.7 Å². The predicted octanol–water partition coefficient (Wildman–Crippen LogP) is 1.82. The maximum absolute atomic E-state index is 13.1. The summed E-state index contributed by atoms with van der Waals surface area (Å²) in [6.45, 7) is 4.73. The van der Waals surface area contributed by atoms with E-state index in [1.165, 1.54) is 12.1 Å². The highest BCUT2D eigenvalue weighted by atomic mass is 19.1. The number of rotatable bonds is 1. The summed E-state index contributed by atoms with van der Waals surface area (Å²) in [5.74, 6) is 5.93. The van der Waals surface area contributed by atoms with E-state index in [1.54, 1.807) is 29.4 Å². The quantitative estimate of drug-likeness (QED) is 0.810. The third-order valence-corrected chi connectivity index (χ3v) is 4.21. The van der Waals surface area contributed by atoms with E-state index in [0.717, 1.165) is 0 Å². The molecule has 3 rings (SSSR count). The molecule has 0 amide bonds. The Balaban J connectivity index is 1.77. The molecule has 0 radical (unpaired) electrons. The van der Waals surface area contributed by atoms with E-state index < -0.39 is 6.35 Å². The minimum absolute atomic E-state index is 0.168. The van der Waals surface area contributed by atoms with Crippen LogP contribution in [-0.2, 0) is 0 Å². The lowest BCUT2D eigenvalue weighted by Gasteiger charge is -2.27. The van der Waals surface area contributed by atoms with Gasteiger partial charge in [0.2, 0.25) is 5.95 Å². The van der Waals surface area contributed by atoms with Gasteiger partial charge >= 0.3 is 0 Å². The molecule has 124 valence electrons. The maximum atomic E-state index is 13.1. The number of halogens is 1. The van der Waals surface area contributed by atoms with Gasteiger partial charge < -0.3 is 10.0 Å². The molecule has 2 heterocycles. The van der Waals surface area contributed by atoms with Crippen LogP contribution < -0.4 is 4.90 Å². The van der Waals surface area contributed by atoms with Crippen molar-refractivity contribution in [3.8, 4) is 11.8 Å². The Kier molecular flexibility index (Phi) is 4.22. The fraction of sp³-hybridized carbons (Fsp3) is 0.333. The first kappa shape index (κ1) is 16.4. The molecule has 1 aromatic carbocycles. The fourth-order valence-electron chi connectivity index (χ4n) is 2.55. The molecule has 0 spiro atoms. The minimum atomic E-state index is -0.760. The number of hydrogen-bond donors (Lipinski definition) is 1. The molecule has 5 nitrogen and oxygen atoms in total. The molecule has 2 aromatic rings. The summed E-state index contributed by atoms with van der Waals surface area (Å²) in [6.07, 6.45) is 2.45. The molecule has 1 aliphatic rings. The van der Waals surface area contributed by atoms with Gasteiger partial charge in [0.05, 0.1) is 5.56 Å². The normalized spacial score (nSPS) is 19.9. The first-order valence-electron chi connectivity index (χ1n) is 7.64. The van der Waals surface area contributed by atoms with Crippen LogP contribution in [0.2, 0.25) is 0 Å². The fourth-order valence-corrected chi connectivity index (χ4v) is 2.55. The Bertz CT molecular complexity index is 795. The first-order valence-corrected chi connectivity index (χ1v) is 7.64. The van der Waals surface area contributed by atoms with Crippen molar-refractivity contribution in [2.75, 3.05) is 18.5 Å². The molecule has 1 aromatic heterocycles. The van der Waals surface area contributed by atoms with Crippen LogP contribution in [0, 0.1) is 17.7 Å². The zero-order valence-corrected chi connectivity index (χ0v) is 13.9. The van der Waals surface area contributed by atoms with Crippen molar-refractivity contribution in [2.45, 2.75) is 25.7 Å². The summed E-state index contributed by atoms with van der Waals surface area (Å²) in [5.41, 5.74) is 1.06. The smallest absolute Gasteiger partial charge is 0.228 e. The van der Waals surface area contributed by atoms with Gasteiger partial charge in [-0.25, -0.2) is 14.4 Å². The van der Waals surface area contributed by atoms with Crippen molar-refractivity contribution in [1.82, 2.24) is 14.9 Å². The van der Waals surface area contributed by atoms with Crippen molar-refractivity contribution in [3.05, 3.63) is 53.6 Å². The monoisotopic (exact) mass is 326 g/mol. The molecule has 1 unspecified atom stereocenters. The van der Waals surface area contributed by atoms with E-state index in [1.807, 2.05) is 11.9 Å².